The maximum absolute atomic E-state index is 13.2. The molecular formula is C20H31N5O3S. The third kappa shape index (κ3) is 3.42. The molecule has 3 fully saturated rings. The zero-order chi connectivity index (χ0) is 20.8. The van der Waals surface area contributed by atoms with E-state index in [0.717, 1.165) is 6.54 Å². The van der Waals surface area contributed by atoms with Crippen molar-refractivity contribution in [2.75, 3.05) is 43.4 Å². The van der Waals surface area contributed by atoms with Crippen molar-refractivity contribution < 1.29 is 13.2 Å². The van der Waals surface area contributed by atoms with Crippen LogP contribution in [-0.4, -0.2) is 77.5 Å². The molecule has 1 amide bonds. The Kier molecular flexibility index (Phi) is 5.31. The molecule has 4 rings (SSSR count). The molecule has 0 saturated carbocycles. The smallest absolute Gasteiger partial charge is 0.228 e. The second kappa shape index (κ2) is 7.50. The Bertz CT molecular complexity index is 852. The number of amides is 1. The van der Waals surface area contributed by atoms with Gasteiger partial charge in [-0.2, -0.15) is 0 Å². The van der Waals surface area contributed by atoms with Gasteiger partial charge in [0, 0.05) is 51.0 Å². The molecule has 2 atom stereocenters. The maximum Gasteiger partial charge on any atom is 0.228 e. The zero-order valence-electron chi connectivity index (χ0n) is 17.5. The Morgan fingerprint density at radius 2 is 1.83 bits per heavy atom. The number of likely N-dealkylation sites (tertiary alicyclic amines) is 1. The first-order valence-electron chi connectivity index (χ1n) is 10.6. The first-order chi connectivity index (χ1) is 13.8. The van der Waals surface area contributed by atoms with E-state index in [4.69, 9.17) is 0 Å². The van der Waals surface area contributed by atoms with Crippen LogP contribution < -0.4 is 4.90 Å². The number of aromatic nitrogens is 2. The van der Waals surface area contributed by atoms with Gasteiger partial charge < -0.3 is 9.80 Å². The van der Waals surface area contributed by atoms with Crippen molar-refractivity contribution in [3.05, 3.63) is 18.5 Å². The van der Waals surface area contributed by atoms with Crippen LogP contribution in [0.4, 0.5) is 5.95 Å². The topological polar surface area (TPSA) is 86.7 Å². The van der Waals surface area contributed by atoms with Crippen LogP contribution in [0.2, 0.25) is 0 Å². The van der Waals surface area contributed by atoms with E-state index in [1.165, 1.54) is 0 Å². The number of carbonyl (C=O) groups is 1. The fraction of sp³-hybridized carbons (Fsp3) is 0.750. The summed E-state index contributed by atoms with van der Waals surface area (Å²) in [7, 11) is -3.24. The second-order valence-corrected chi connectivity index (χ2v) is 10.9. The lowest BCUT2D eigenvalue weighted by Gasteiger charge is -2.47. The molecule has 0 N–H and O–H groups in total. The first kappa shape index (κ1) is 20.5. The van der Waals surface area contributed by atoms with Gasteiger partial charge in [0.2, 0.25) is 21.9 Å². The minimum Gasteiger partial charge on any atom is -0.340 e. The summed E-state index contributed by atoms with van der Waals surface area (Å²) in [6, 6.07) is 1.79. The Labute approximate surface area is 173 Å². The van der Waals surface area contributed by atoms with E-state index >= 15 is 0 Å². The minimum atomic E-state index is -3.24. The molecule has 160 valence electrons. The summed E-state index contributed by atoms with van der Waals surface area (Å²) in [6.45, 7) is 8.93. The summed E-state index contributed by atoms with van der Waals surface area (Å²) in [6.07, 6.45) is 4.86. The highest BCUT2D eigenvalue weighted by atomic mass is 32.2. The van der Waals surface area contributed by atoms with Gasteiger partial charge in [0.25, 0.3) is 0 Å². The lowest BCUT2D eigenvalue weighted by Crippen LogP contribution is -2.58. The van der Waals surface area contributed by atoms with Gasteiger partial charge in [-0.25, -0.2) is 22.7 Å². The number of anilines is 1. The normalized spacial score (nSPS) is 27.2. The molecule has 9 heteroatoms. The summed E-state index contributed by atoms with van der Waals surface area (Å²) in [5, 5.41) is 0. The van der Waals surface area contributed by atoms with E-state index in [2.05, 4.69) is 14.9 Å². The van der Waals surface area contributed by atoms with Crippen LogP contribution in [-0.2, 0) is 14.8 Å². The van der Waals surface area contributed by atoms with Gasteiger partial charge in [-0.05, 0) is 31.7 Å². The zero-order valence-corrected chi connectivity index (χ0v) is 18.3. The second-order valence-electron chi connectivity index (χ2n) is 8.92. The van der Waals surface area contributed by atoms with Crippen LogP contribution in [0.15, 0.2) is 18.5 Å². The molecule has 3 saturated heterocycles. The van der Waals surface area contributed by atoms with E-state index < -0.39 is 10.0 Å². The summed E-state index contributed by atoms with van der Waals surface area (Å²) < 4.78 is 27.0. The van der Waals surface area contributed by atoms with E-state index in [-0.39, 0.29) is 35.0 Å². The first-order valence-corrected chi connectivity index (χ1v) is 12.2. The predicted octanol–water partition coefficient (Wildman–Crippen LogP) is 1.21. The van der Waals surface area contributed by atoms with Crippen LogP contribution in [0, 0.1) is 17.8 Å². The number of sulfonamides is 1. The monoisotopic (exact) mass is 421 g/mol. The predicted molar refractivity (Wildman–Crippen MR) is 111 cm³/mol. The quantitative estimate of drug-likeness (QED) is 0.710. The molecule has 1 aromatic heterocycles. The molecule has 29 heavy (non-hydrogen) atoms. The fourth-order valence-electron chi connectivity index (χ4n) is 5.63. The number of rotatable bonds is 5. The Balaban J connectivity index is 1.55. The van der Waals surface area contributed by atoms with Crippen molar-refractivity contribution >= 4 is 21.9 Å². The fourth-order valence-corrected chi connectivity index (χ4v) is 7.42. The standard InChI is InChI=1S/C20H31N5O3S/c1-4-25-18(26)16-12-23(19-21-8-5-9-22-19)13-17(16)20(25)6-10-24(11-7-20)29(27,28)14-15(2)3/h5,8-9,15-17H,4,6-7,10-14H2,1-3H3/t16-,17-/m0/s1. The number of fused-ring (bicyclic) bond motifs is 2. The van der Waals surface area contributed by atoms with E-state index in [9.17, 15) is 13.2 Å². The molecular weight excluding hydrogens is 390 g/mol. The summed E-state index contributed by atoms with van der Waals surface area (Å²) >= 11 is 0. The Hall–Kier alpha value is -1.74. The molecule has 0 radical (unpaired) electrons. The van der Waals surface area contributed by atoms with E-state index in [0.29, 0.717) is 45.0 Å². The van der Waals surface area contributed by atoms with E-state index in [1.54, 1.807) is 22.8 Å². The number of carbonyl (C=O) groups excluding carboxylic acids is 1. The molecule has 3 aliphatic heterocycles. The Morgan fingerprint density at radius 1 is 1.17 bits per heavy atom. The third-order valence-corrected chi connectivity index (χ3v) is 9.05. The number of hydrogen-bond acceptors (Lipinski definition) is 6. The van der Waals surface area contributed by atoms with Crippen molar-refractivity contribution in [2.24, 2.45) is 17.8 Å². The highest BCUT2D eigenvalue weighted by Crippen LogP contribution is 2.50. The molecule has 1 aromatic rings. The Morgan fingerprint density at radius 3 is 2.41 bits per heavy atom. The highest BCUT2D eigenvalue weighted by Gasteiger charge is 2.61. The van der Waals surface area contributed by atoms with Crippen molar-refractivity contribution in [3.63, 3.8) is 0 Å². The van der Waals surface area contributed by atoms with Crippen LogP contribution in [0.3, 0.4) is 0 Å². The van der Waals surface area contributed by atoms with Gasteiger partial charge >= 0.3 is 0 Å². The lowest BCUT2D eigenvalue weighted by atomic mass is 9.75. The average molecular weight is 422 g/mol. The SMILES string of the molecule is CCN1C(=O)[C@H]2CN(c3ncccn3)C[C@@H]2C12CCN(S(=O)(=O)CC(C)C)CC2. The summed E-state index contributed by atoms with van der Waals surface area (Å²) in [5.74, 6) is 1.29. The highest BCUT2D eigenvalue weighted by molar-refractivity contribution is 7.89. The van der Waals surface area contributed by atoms with E-state index in [1.807, 2.05) is 25.7 Å². The molecule has 0 aliphatic carbocycles. The van der Waals surface area contributed by atoms with Gasteiger partial charge in [0.1, 0.15) is 0 Å². The minimum absolute atomic E-state index is 0.0578. The molecule has 8 nitrogen and oxygen atoms in total. The lowest BCUT2D eigenvalue weighted by molar-refractivity contribution is -0.134. The van der Waals surface area contributed by atoms with Gasteiger partial charge in [-0.1, -0.05) is 13.8 Å². The summed E-state index contributed by atoms with van der Waals surface area (Å²) in [5.41, 5.74) is -0.260. The molecule has 0 bridgehead atoms. The van der Waals surface area contributed by atoms with Crippen LogP contribution in [0.5, 0.6) is 0 Å². The van der Waals surface area contributed by atoms with Gasteiger partial charge in [0.15, 0.2) is 0 Å². The van der Waals surface area contributed by atoms with Gasteiger partial charge in [-0.3, -0.25) is 4.79 Å². The van der Waals surface area contributed by atoms with Crippen LogP contribution >= 0.6 is 0 Å². The van der Waals surface area contributed by atoms with Crippen LogP contribution in [0.25, 0.3) is 0 Å². The van der Waals surface area contributed by atoms with Crippen LogP contribution in [0.1, 0.15) is 33.6 Å². The number of nitrogens with zero attached hydrogens (tertiary/aromatic N) is 5. The average Bonchev–Trinajstić information content (AvgIpc) is 3.21. The van der Waals surface area contributed by atoms with Crippen molar-refractivity contribution in [2.45, 2.75) is 39.2 Å². The third-order valence-electron chi connectivity index (χ3n) is 6.81. The number of hydrogen-bond donors (Lipinski definition) is 0. The molecule has 3 aliphatic rings. The van der Waals surface area contributed by atoms with Gasteiger partial charge in [-0.15, -0.1) is 0 Å². The molecule has 0 aromatic carbocycles. The molecule has 1 spiro atoms. The van der Waals surface area contributed by atoms with Crippen molar-refractivity contribution in [3.8, 4) is 0 Å². The van der Waals surface area contributed by atoms with Gasteiger partial charge in [0.05, 0.1) is 17.2 Å². The summed E-state index contributed by atoms with van der Waals surface area (Å²) in [4.78, 5) is 26.1. The largest absolute Gasteiger partial charge is 0.340 e. The number of piperidine rings is 1. The van der Waals surface area contributed by atoms with Crippen molar-refractivity contribution in [1.29, 1.82) is 0 Å². The molecule has 0 unspecified atom stereocenters. The van der Waals surface area contributed by atoms with Crippen molar-refractivity contribution in [1.82, 2.24) is 19.2 Å². The maximum atomic E-state index is 13.2. The molecule has 4 heterocycles.